The number of aromatic nitrogens is 1. The fraction of sp³-hybridized carbons (Fsp3) is 0. The van der Waals surface area contributed by atoms with Crippen molar-refractivity contribution in [2.45, 2.75) is 0 Å². The summed E-state index contributed by atoms with van der Waals surface area (Å²) >= 11 is 2.13. The van der Waals surface area contributed by atoms with Crippen molar-refractivity contribution in [2.24, 2.45) is 0 Å². The first kappa shape index (κ1) is 16.7. The van der Waals surface area contributed by atoms with E-state index in [1.807, 2.05) is 18.2 Å². The van der Waals surface area contributed by atoms with E-state index >= 15 is 0 Å². The highest BCUT2D eigenvalue weighted by molar-refractivity contribution is 14.1. The molecular weight excluding hydrogens is 446 g/mol. The Bertz CT molecular complexity index is 1120. The zero-order chi connectivity index (χ0) is 18.1. The van der Waals surface area contributed by atoms with Crippen LogP contribution in [0.1, 0.15) is 10.4 Å². The van der Waals surface area contributed by atoms with Gasteiger partial charge >= 0.3 is 0 Å². The average molecular weight is 458 g/mol. The van der Waals surface area contributed by atoms with Gasteiger partial charge in [0.25, 0.3) is 5.91 Å². The Morgan fingerprint density at radius 3 is 2.69 bits per heavy atom. The topological polar surface area (TPSA) is 55.1 Å². The van der Waals surface area contributed by atoms with Gasteiger partial charge in [-0.3, -0.25) is 4.79 Å². The molecule has 0 atom stereocenters. The minimum absolute atomic E-state index is 0.191. The van der Waals surface area contributed by atoms with Gasteiger partial charge in [-0.25, -0.2) is 9.37 Å². The Labute approximate surface area is 162 Å². The third-order valence-corrected chi connectivity index (χ3v) is 4.78. The van der Waals surface area contributed by atoms with Crippen LogP contribution in [-0.2, 0) is 0 Å². The summed E-state index contributed by atoms with van der Waals surface area (Å²) in [4.78, 5) is 16.8. The van der Waals surface area contributed by atoms with Gasteiger partial charge in [-0.05, 0) is 71.1 Å². The number of carbonyl (C=O) groups excluding carboxylic acids is 1. The standard InChI is InChI=1S/C20H12FIN2O2/c21-13-5-3-4-12(10-13)20-24-17-11-14(8-9-18(17)26-20)23-19(25)15-6-1-2-7-16(15)22/h1-11H,(H,23,25). The van der Waals surface area contributed by atoms with Crippen LogP contribution in [0, 0.1) is 9.39 Å². The summed E-state index contributed by atoms with van der Waals surface area (Å²) in [6.45, 7) is 0. The quantitative estimate of drug-likeness (QED) is 0.413. The lowest BCUT2D eigenvalue weighted by Crippen LogP contribution is -2.13. The van der Waals surface area contributed by atoms with E-state index in [4.69, 9.17) is 4.42 Å². The van der Waals surface area contributed by atoms with Gasteiger partial charge in [0, 0.05) is 14.8 Å². The van der Waals surface area contributed by atoms with Gasteiger partial charge in [-0.1, -0.05) is 18.2 Å². The molecule has 1 aromatic heterocycles. The molecule has 0 aliphatic rings. The zero-order valence-electron chi connectivity index (χ0n) is 13.4. The van der Waals surface area contributed by atoms with Crippen LogP contribution in [0.3, 0.4) is 0 Å². The lowest BCUT2D eigenvalue weighted by molar-refractivity contribution is 0.102. The maximum atomic E-state index is 13.4. The summed E-state index contributed by atoms with van der Waals surface area (Å²) in [5, 5.41) is 2.86. The lowest BCUT2D eigenvalue weighted by Gasteiger charge is -2.06. The van der Waals surface area contributed by atoms with Gasteiger partial charge in [0.2, 0.25) is 5.89 Å². The minimum atomic E-state index is -0.352. The van der Waals surface area contributed by atoms with E-state index in [9.17, 15) is 9.18 Å². The van der Waals surface area contributed by atoms with Gasteiger partial charge in [0.1, 0.15) is 11.3 Å². The number of oxazole rings is 1. The second-order valence-electron chi connectivity index (χ2n) is 5.65. The normalized spacial score (nSPS) is 10.8. The number of rotatable bonds is 3. The highest BCUT2D eigenvalue weighted by atomic mass is 127. The molecule has 128 valence electrons. The number of carbonyl (C=O) groups is 1. The van der Waals surface area contributed by atoms with Gasteiger partial charge < -0.3 is 9.73 Å². The number of amides is 1. The maximum Gasteiger partial charge on any atom is 0.256 e. The molecule has 0 saturated heterocycles. The number of fused-ring (bicyclic) bond motifs is 1. The fourth-order valence-electron chi connectivity index (χ4n) is 2.59. The number of nitrogens with zero attached hydrogens (tertiary/aromatic N) is 1. The largest absolute Gasteiger partial charge is 0.436 e. The Morgan fingerprint density at radius 2 is 1.88 bits per heavy atom. The van der Waals surface area contributed by atoms with Crippen molar-refractivity contribution in [1.29, 1.82) is 0 Å². The molecule has 0 aliphatic heterocycles. The molecule has 4 rings (SSSR count). The molecule has 0 unspecified atom stereocenters. The molecule has 0 fully saturated rings. The molecule has 0 radical (unpaired) electrons. The van der Waals surface area contributed by atoms with Gasteiger partial charge in [-0.2, -0.15) is 0 Å². The summed E-state index contributed by atoms with van der Waals surface area (Å²) in [5.74, 6) is -0.209. The minimum Gasteiger partial charge on any atom is -0.436 e. The molecule has 0 aliphatic carbocycles. The number of hydrogen-bond donors (Lipinski definition) is 1. The first-order valence-corrected chi connectivity index (χ1v) is 8.90. The van der Waals surface area contributed by atoms with E-state index in [-0.39, 0.29) is 11.7 Å². The van der Waals surface area contributed by atoms with Crippen LogP contribution in [-0.4, -0.2) is 10.9 Å². The molecule has 1 amide bonds. The Hall–Kier alpha value is -2.74. The highest BCUT2D eigenvalue weighted by Crippen LogP contribution is 2.27. The van der Waals surface area contributed by atoms with E-state index < -0.39 is 0 Å². The van der Waals surface area contributed by atoms with E-state index in [1.165, 1.54) is 12.1 Å². The Balaban J connectivity index is 1.64. The molecule has 0 spiro atoms. The van der Waals surface area contributed by atoms with Crippen molar-refractivity contribution in [1.82, 2.24) is 4.98 Å². The van der Waals surface area contributed by atoms with Crippen LogP contribution in [0.5, 0.6) is 0 Å². The monoisotopic (exact) mass is 458 g/mol. The van der Waals surface area contributed by atoms with Crippen LogP contribution in [0.4, 0.5) is 10.1 Å². The SMILES string of the molecule is O=C(Nc1ccc2oc(-c3cccc(F)c3)nc2c1)c1ccccc1I. The number of nitrogens with one attached hydrogen (secondary N) is 1. The van der Waals surface area contributed by atoms with Crippen molar-refractivity contribution in [3.63, 3.8) is 0 Å². The number of anilines is 1. The van der Waals surface area contributed by atoms with Crippen LogP contribution in [0.25, 0.3) is 22.6 Å². The molecule has 1 heterocycles. The van der Waals surface area contributed by atoms with Crippen molar-refractivity contribution in [3.05, 3.63) is 81.7 Å². The van der Waals surface area contributed by atoms with Crippen molar-refractivity contribution in [2.75, 3.05) is 5.32 Å². The second kappa shape index (κ2) is 6.87. The average Bonchev–Trinajstić information content (AvgIpc) is 3.05. The van der Waals surface area contributed by atoms with Crippen LogP contribution in [0.15, 0.2) is 71.1 Å². The lowest BCUT2D eigenvalue weighted by atomic mass is 10.2. The first-order chi connectivity index (χ1) is 12.6. The van der Waals surface area contributed by atoms with Gasteiger partial charge in [0.05, 0.1) is 5.56 Å². The van der Waals surface area contributed by atoms with Crippen molar-refractivity contribution in [3.8, 4) is 11.5 Å². The molecule has 0 bridgehead atoms. The molecule has 0 saturated carbocycles. The number of halogens is 2. The van der Waals surface area contributed by atoms with Gasteiger partial charge in [-0.15, -0.1) is 0 Å². The van der Waals surface area contributed by atoms with Gasteiger partial charge in [0.15, 0.2) is 5.58 Å². The smallest absolute Gasteiger partial charge is 0.256 e. The van der Waals surface area contributed by atoms with Crippen LogP contribution in [0.2, 0.25) is 0 Å². The van der Waals surface area contributed by atoms with Crippen molar-refractivity contribution < 1.29 is 13.6 Å². The fourth-order valence-corrected chi connectivity index (χ4v) is 3.23. The molecular formula is C20H12FIN2O2. The second-order valence-corrected chi connectivity index (χ2v) is 6.81. The van der Waals surface area contributed by atoms with Crippen molar-refractivity contribution >= 4 is 45.3 Å². The Kier molecular flexibility index (Phi) is 4.42. The number of benzene rings is 3. The van der Waals surface area contributed by atoms with E-state index in [1.54, 1.807) is 36.4 Å². The third kappa shape index (κ3) is 3.32. The molecule has 1 N–H and O–H groups in total. The van der Waals surface area contributed by atoms with E-state index in [0.717, 1.165) is 3.57 Å². The highest BCUT2D eigenvalue weighted by Gasteiger charge is 2.12. The summed E-state index contributed by atoms with van der Waals surface area (Å²) in [6, 6.07) is 18.6. The summed E-state index contributed by atoms with van der Waals surface area (Å²) < 4.78 is 19.9. The molecule has 3 aromatic carbocycles. The summed E-state index contributed by atoms with van der Waals surface area (Å²) in [5.41, 5.74) is 2.93. The predicted molar refractivity (Wildman–Crippen MR) is 107 cm³/mol. The number of hydrogen-bond acceptors (Lipinski definition) is 3. The molecule has 4 nitrogen and oxygen atoms in total. The van der Waals surface area contributed by atoms with Crippen LogP contribution >= 0.6 is 22.6 Å². The third-order valence-electron chi connectivity index (χ3n) is 3.84. The summed E-state index contributed by atoms with van der Waals surface area (Å²) in [6.07, 6.45) is 0. The van der Waals surface area contributed by atoms with E-state index in [0.29, 0.717) is 33.8 Å². The zero-order valence-corrected chi connectivity index (χ0v) is 15.5. The maximum absolute atomic E-state index is 13.4. The molecule has 26 heavy (non-hydrogen) atoms. The van der Waals surface area contributed by atoms with Crippen LogP contribution < -0.4 is 5.32 Å². The Morgan fingerprint density at radius 1 is 1.04 bits per heavy atom. The van der Waals surface area contributed by atoms with E-state index in [2.05, 4.69) is 32.9 Å². The molecule has 6 heteroatoms. The predicted octanol–water partition coefficient (Wildman–Crippen LogP) is 5.49. The molecule has 4 aromatic rings. The first-order valence-electron chi connectivity index (χ1n) is 7.82. The summed E-state index contributed by atoms with van der Waals surface area (Å²) in [7, 11) is 0.